The van der Waals surface area contributed by atoms with E-state index in [-0.39, 0.29) is 5.91 Å². The van der Waals surface area contributed by atoms with E-state index >= 15 is 0 Å². The molecule has 0 spiro atoms. The summed E-state index contributed by atoms with van der Waals surface area (Å²) in [6.07, 6.45) is 0.992. The smallest absolute Gasteiger partial charge is 0.243 e. The minimum atomic E-state index is -0.0214. The van der Waals surface area contributed by atoms with Crippen molar-refractivity contribution in [2.24, 2.45) is 0 Å². The number of carbonyl (C=O) groups is 1. The van der Waals surface area contributed by atoms with Crippen LogP contribution in [0.1, 0.15) is 11.1 Å². The van der Waals surface area contributed by atoms with Crippen LogP contribution in [0.2, 0.25) is 0 Å². The van der Waals surface area contributed by atoms with Crippen LogP contribution in [0.5, 0.6) is 5.75 Å². The van der Waals surface area contributed by atoms with E-state index in [0.717, 1.165) is 35.7 Å². The number of carbonyl (C=O) groups excluding carboxylic acids is 1. The summed E-state index contributed by atoms with van der Waals surface area (Å²) in [5.74, 6) is 0.718. The summed E-state index contributed by atoms with van der Waals surface area (Å²) in [5, 5.41) is 2.98. The third kappa shape index (κ3) is 4.29. The summed E-state index contributed by atoms with van der Waals surface area (Å²) in [4.78, 5) is 14.6. The minimum absolute atomic E-state index is 0.0214. The van der Waals surface area contributed by atoms with Crippen molar-refractivity contribution in [3.05, 3.63) is 90.0 Å². The Hall–Kier alpha value is -3.27. The fourth-order valence-electron chi connectivity index (χ4n) is 3.35. The zero-order valence-corrected chi connectivity index (χ0v) is 15.1. The molecular formula is C23H22N2O2. The Bertz CT molecular complexity index is 924. The van der Waals surface area contributed by atoms with Gasteiger partial charge in [0.05, 0.1) is 6.54 Å². The second-order valence-corrected chi connectivity index (χ2v) is 6.65. The van der Waals surface area contributed by atoms with Crippen LogP contribution in [-0.2, 0) is 17.8 Å². The number of anilines is 2. The van der Waals surface area contributed by atoms with Crippen molar-refractivity contribution >= 4 is 17.3 Å². The number of para-hydroxylation sites is 1. The summed E-state index contributed by atoms with van der Waals surface area (Å²) in [6.45, 7) is 1.74. The first-order valence-electron chi connectivity index (χ1n) is 9.17. The van der Waals surface area contributed by atoms with E-state index in [2.05, 4.69) is 22.3 Å². The van der Waals surface area contributed by atoms with Gasteiger partial charge in [-0.15, -0.1) is 0 Å². The Labute approximate surface area is 159 Å². The van der Waals surface area contributed by atoms with E-state index < -0.39 is 0 Å². The van der Waals surface area contributed by atoms with Crippen molar-refractivity contribution in [2.75, 3.05) is 23.3 Å². The molecule has 3 aromatic carbocycles. The maximum Gasteiger partial charge on any atom is 0.243 e. The fraction of sp³-hybridized carbons (Fsp3) is 0.174. The average Bonchev–Trinajstić information content (AvgIpc) is 3.10. The normalized spacial score (nSPS) is 12.5. The molecule has 0 saturated carbocycles. The third-order valence-corrected chi connectivity index (χ3v) is 4.68. The molecule has 0 atom stereocenters. The molecule has 0 bridgehead atoms. The number of amides is 1. The maximum absolute atomic E-state index is 12.5. The second-order valence-electron chi connectivity index (χ2n) is 6.65. The molecule has 1 aliphatic rings. The summed E-state index contributed by atoms with van der Waals surface area (Å²) < 4.78 is 5.83. The van der Waals surface area contributed by atoms with E-state index in [9.17, 15) is 4.79 Å². The molecule has 27 heavy (non-hydrogen) atoms. The lowest BCUT2D eigenvalue weighted by Crippen LogP contribution is -2.31. The predicted molar refractivity (Wildman–Crippen MR) is 108 cm³/mol. The van der Waals surface area contributed by atoms with Crippen LogP contribution in [0.25, 0.3) is 0 Å². The van der Waals surface area contributed by atoms with Gasteiger partial charge >= 0.3 is 0 Å². The molecule has 0 radical (unpaired) electrons. The van der Waals surface area contributed by atoms with Crippen LogP contribution in [0, 0.1) is 0 Å². The topological polar surface area (TPSA) is 41.6 Å². The first-order chi connectivity index (χ1) is 13.3. The quantitative estimate of drug-likeness (QED) is 0.716. The van der Waals surface area contributed by atoms with Crippen molar-refractivity contribution in [3.63, 3.8) is 0 Å². The Morgan fingerprint density at radius 1 is 0.963 bits per heavy atom. The lowest BCUT2D eigenvalue weighted by molar-refractivity contribution is -0.115. The van der Waals surface area contributed by atoms with Crippen LogP contribution < -0.4 is 15.0 Å². The van der Waals surface area contributed by atoms with Crippen LogP contribution in [0.3, 0.4) is 0 Å². The highest BCUT2D eigenvalue weighted by Gasteiger charge is 2.20. The standard InChI is InChI=1S/C23H22N2O2/c26-23(16-25-14-13-19-9-4-5-12-22(19)25)24-20-10-6-11-21(15-20)27-17-18-7-2-1-3-8-18/h1-12,15H,13-14,16-17H2,(H,24,26). The number of hydrogen-bond acceptors (Lipinski definition) is 3. The molecule has 4 nitrogen and oxygen atoms in total. The van der Waals surface area contributed by atoms with E-state index in [0.29, 0.717) is 13.2 Å². The molecular weight excluding hydrogens is 336 g/mol. The molecule has 0 unspecified atom stereocenters. The largest absolute Gasteiger partial charge is 0.489 e. The van der Waals surface area contributed by atoms with Gasteiger partial charge in [-0.3, -0.25) is 4.79 Å². The molecule has 0 aliphatic carbocycles. The number of benzene rings is 3. The Kier molecular flexibility index (Phi) is 5.06. The first-order valence-corrected chi connectivity index (χ1v) is 9.17. The molecule has 1 amide bonds. The summed E-state index contributed by atoms with van der Waals surface area (Å²) >= 11 is 0. The highest BCUT2D eigenvalue weighted by atomic mass is 16.5. The highest BCUT2D eigenvalue weighted by Crippen LogP contribution is 2.27. The minimum Gasteiger partial charge on any atom is -0.489 e. The number of nitrogens with one attached hydrogen (secondary N) is 1. The third-order valence-electron chi connectivity index (χ3n) is 4.68. The number of ether oxygens (including phenoxy) is 1. The Balaban J connectivity index is 1.35. The number of fused-ring (bicyclic) bond motifs is 1. The van der Waals surface area contributed by atoms with E-state index in [1.54, 1.807) is 0 Å². The zero-order valence-electron chi connectivity index (χ0n) is 15.1. The van der Waals surface area contributed by atoms with Crippen molar-refractivity contribution in [1.29, 1.82) is 0 Å². The van der Waals surface area contributed by atoms with E-state index in [1.165, 1.54) is 5.56 Å². The lowest BCUT2D eigenvalue weighted by atomic mass is 10.2. The van der Waals surface area contributed by atoms with Crippen molar-refractivity contribution < 1.29 is 9.53 Å². The molecule has 0 aromatic heterocycles. The molecule has 1 aliphatic heterocycles. The van der Waals surface area contributed by atoms with Crippen LogP contribution in [-0.4, -0.2) is 19.0 Å². The van der Waals surface area contributed by atoms with Gasteiger partial charge in [-0.1, -0.05) is 54.6 Å². The molecule has 1 heterocycles. The van der Waals surface area contributed by atoms with Crippen LogP contribution in [0.4, 0.5) is 11.4 Å². The lowest BCUT2D eigenvalue weighted by Gasteiger charge is -2.19. The number of hydrogen-bond donors (Lipinski definition) is 1. The monoisotopic (exact) mass is 358 g/mol. The van der Waals surface area contributed by atoms with Gasteiger partial charge in [0.15, 0.2) is 0 Å². The van der Waals surface area contributed by atoms with Gasteiger partial charge in [-0.2, -0.15) is 0 Å². The molecule has 136 valence electrons. The number of nitrogens with zero attached hydrogens (tertiary/aromatic N) is 1. The zero-order chi connectivity index (χ0) is 18.5. The highest BCUT2D eigenvalue weighted by molar-refractivity contribution is 5.94. The summed E-state index contributed by atoms with van der Waals surface area (Å²) in [5.41, 5.74) is 4.33. The average molecular weight is 358 g/mol. The van der Waals surface area contributed by atoms with Crippen molar-refractivity contribution in [2.45, 2.75) is 13.0 Å². The Morgan fingerprint density at radius 3 is 2.67 bits per heavy atom. The van der Waals surface area contributed by atoms with Crippen molar-refractivity contribution in [1.82, 2.24) is 0 Å². The van der Waals surface area contributed by atoms with Crippen LogP contribution >= 0.6 is 0 Å². The van der Waals surface area contributed by atoms with Gasteiger partial charge < -0.3 is 15.0 Å². The van der Waals surface area contributed by atoms with Gasteiger partial charge in [-0.05, 0) is 35.7 Å². The SMILES string of the molecule is O=C(CN1CCc2ccccc21)Nc1cccc(OCc2ccccc2)c1. The fourth-order valence-corrected chi connectivity index (χ4v) is 3.35. The van der Waals surface area contributed by atoms with Gasteiger partial charge in [-0.25, -0.2) is 0 Å². The Morgan fingerprint density at radius 2 is 1.78 bits per heavy atom. The summed E-state index contributed by atoms with van der Waals surface area (Å²) in [7, 11) is 0. The van der Waals surface area contributed by atoms with E-state index in [4.69, 9.17) is 4.74 Å². The number of rotatable bonds is 6. The van der Waals surface area contributed by atoms with Gasteiger partial charge in [0.25, 0.3) is 0 Å². The second kappa shape index (κ2) is 7.96. The van der Waals surface area contributed by atoms with Gasteiger partial charge in [0.1, 0.15) is 12.4 Å². The molecule has 0 saturated heterocycles. The molecule has 4 heteroatoms. The van der Waals surface area contributed by atoms with Crippen molar-refractivity contribution in [3.8, 4) is 5.75 Å². The molecule has 1 N–H and O–H groups in total. The molecule has 4 rings (SSSR count). The van der Waals surface area contributed by atoms with Crippen LogP contribution in [0.15, 0.2) is 78.9 Å². The van der Waals surface area contributed by atoms with Gasteiger partial charge in [0, 0.05) is 24.0 Å². The maximum atomic E-state index is 12.5. The predicted octanol–water partition coefficient (Wildman–Crippen LogP) is 4.27. The summed E-state index contributed by atoms with van der Waals surface area (Å²) in [6, 6.07) is 25.8. The van der Waals surface area contributed by atoms with Gasteiger partial charge in [0.2, 0.25) is 5.91 Å². The van der Waals surface area contributed by atoms with E-state index in [1.807, 2.05) is 66.7 Å². The molecule has 3 aromatic rings. The molecule has 0 fully saturated rings. The first kappa shape index (κ1) is 17.2.